The molecule has 0 amide bonds. The van der Waals surface area contributed by atoms with Gasteiger partial charge >= 0.3 is 39.5 Å². The van der Waals surface area contributed by atoms with Crippen LogP contribution in [0.1, 0.15) is 382 Å². The fourth-order valence-corrected chi connectivity index (χ4v) is 12.9. The Morgan fingerprint density at radius 3 is 0.809 bits per heavy atom. The fourth-order valence-electron chi connectivity index (χ4n) is 11.4. The van der Waals surface area contributed by atoms with Gasteiger partial charge in [0, 0.05) is 25.7 Å². The maximum absolute atomic E-state index is 13.1. The SMILES string of the molecule is CCCCCCCCCCCCCC(=O)O[C@H](COC(=O)CCCCCCCCC(C)CC)COP(=O)(O)OC[C@H](O)COP(=O)(O)OC[C@@H](COC(=O)CCCCCCCCCCC(C)C)OC(=O)CCCCCCCCCCCCCCCCCCCCC(C)CC. The summed E-state index contributed by atoms with van der Waals surface area (Å²) in [6.07, 6.45) is 51.5. The Hall–Kier alpha value is -1.94. The summed E-state index contributed by atoms with van der Waals surface area (Å²) >= 11 is 0. The van der Waals surface area contributed by atoms with Crippen molar-refractivity contribution in [1.82, 2.24) is 0 Å². The van der Waals surface area contributed by atoms with Crippen molar-refractivity contribution in [1.29, 1.82) is 0 Å². The molecule has 94 heavy (non-hydrogen) atoms. The Kier molecular flexibility index (Phi) is 64.3. The molecule has 0 rings (SSSR count). The number of aliphatic hydroxyl groups excluding tert-OH is 1. The Morgan fingerprint density at radius 1 is 0.309 bits per heavy atom. The van der Waals surface area contributed by atoms with E-state index in [1.54, 1.807) is 0 Å². The summed E-state index contributed by atoms with van der Waals surface area (Å²) in [5, 5.41) is 10.6. The molecule has 4 unspecified atom stereocenters. The number of rotatable bonds is 73. The molecule has 0 aliphatic heterocycles. The van der Waals surface area contributed by atoms with Gasteiger partial charge in [-0.1, -0.05) is 331 Å². The summed E-state index contributed by atoms with van der Waals surface area (Å²) < 4.78 is 68.4. The molecule has 0 aromatic rings. The average molecular weight is 1380 g/mol. The van der Waals surface area contributed by atoms with Crippen molar-refractivity contribution in [2.45, 2.75) is 401 Å². The molecule has 0 aromatic carbocycles. The molecule has 0 aliphatic rings. The number of carbonyl (C=O) groups is 4. The van der Waals surface area contributed by atoms with Crippen molar-refractivity contribution >= 4 is 39.5 Å². The van der Waals surface area contributed by atoms with Crippen LogP contribution in [0.15, 0.2) is 0 Å². The molecule has 0 spiro atoms. The zero-order chi connectivity index (χ0) is 69.4. The molecule has 0 saturated carbocycles. The molecule has 7 atom stereocenters. The van der Waals surface area contributed by atoms with Crippen LogP contribution in [0.3, 0.4) is 0 Å². The predicted octanol–water partition coefficient (Wildman–Crippen LogP) is 21.8. The minimum Gasteiger partial charge on any atom is -0.462 e. The van der Waals surface area contributed by atoms with Gasteiger partial charge in [0.25, 0.3) is 0 Å². The Labute approximate surface area is 575 Å². The van der Waals surface area contributed by atoms with Crippen molar-refractivity contribution in [2.75, 3.05) is 39.6 Å². The summed E-state index contributed by atoms with van der Waals surface area (Å²) in [4.78, 5) is 72.7. The lowest BCUT2D eigenvalue weighted by atomic mass is 9.99. The second-order valence-corrected chi connectivity index (χ2v) is 30.9. The molecule has 558 valence electrons. The van der Waals surface area contributed by atoms with Gasteiger partial charge < -0.3 is 33.8 Å². The van der Waals surface area contributed by atoms with E-state index in [1.807, 2.05) is 0 Å². The molecular weight excluding hydrogens is 1230 g/mol. The molecule has 0 aromatic heterocycles. The topological polar surface area (TPSA) is 237 Å². The van der Waals surface area contributed by atoms with Crippen LogP contribution in [0.2, 0.25) is 0 Å². The molecule has 3 N–H and O–H groups in total. The van der Waals surface area contributed by atoms with Crippen molar-refractivity contribution < 1.29 is 80.2 Å². The quantitative estimate of drug-likeness (QED) is 0.0222. The average Bonchev–Trinajstić information content (AvgIpc) is 1.25. The van der Waals surface area contributed by atoms with Crippen LogP contribution in [0.25, 0.3) is 0 Å². The van der Waals surface area contributed by atoms with Crippen LogP contribution < -0.4 is 0 Å². The third-order valence-corrected chi connectivity index (χ3v) is 20.0. The van der Waals surface area contributed by atoms with Crippen LogP contribution in [0.4, 0.5) is 0 Å². The lowest BCUT2D eigenvalue weighted by Gasteiger charge is -2.21. The maximum Gasteiger partial charge on any atom is 0.472 e. The molecule has 19 heteroatoms. The number of hydrogen-bond acceptors (Lipinski definition) is 15. The summed E-state index contributed by atoms with van der Waals surface area (Å²) in [5.41, 5.74) is 0. The molecule has 0 saturated heterocycles. The van der Waals surface area contributed by atoms with E-state index in [9.17, 15) is 43.2 Å². The molecule has 0 heterocycles. The molecule has 0 fully saturated rings. The molecule has 0 aliphatic carbocycles. The highest BCUT2D eigenvalue weighted by atomic mass is 31.2. The normalized spacial score (nSPS) is 14.7. The van der Waals surface area contributed by atoms with Crippen molar-refractivity contribution in [3.8, 4) is 0 Å². The van der Waals surface area contributed by atoms with E-state index in [1.165, 1.54) is 186 Å². The van der Waals surface area contributed by atoms with Crippen LogP contribution in [0.5, 0.6) is 0 Å². The van der Waals surface area contributed by atoms with Crippen molar-refractivity contribution in [3.05, 3.63) is 0 Å². The smallest absolute Gasteiger partial charge is 0.462 e. The Morgan fingerprint density at radius 2 is 0.543 bits per heavy atom. The van der Waals surface area contributed by atoms with E-state index in [0.29, 0.717) is 25.7 Å². The number of phosphoric acid groups is 2. The van der Waals surface area contributed by atoms with Gasteiger partial charge in [0.15, 0.2) is 12.2 Å². The van der Waals surface area contributed by atoms with Crippen LogP contribution in [-0.4, -0.2) is 96.7 Å². The minimum atomic E-state index is -4.96. The zero-order valence-electron chi connectivity index (χ0n) is 61.4. The highest BCUT2D eigenvalue weighted by Gasteiger charge is 2.30. The minimum absolute atomic E-state index is 0.106. The summed E-state index contributed by atoms with van der Waals surface area (Å²) in [6.45, 7) is 11.9. The van der Waals surface area contributed by atoms with Crippen LogP contribution >= 0.6 is 15.6 Å². The van der Waals surface area contributed by atoms with E-state index in [-0.39, 0.29) is 25.7 Å². The standard InChI is InChI=1S/C75H146O17P2/c1-8-11-12-13-14-15-24-28-35-44-51-58-74(79)92-71(63-86-73(78)57-50-43-38-37-41-48-55-68(7)10-3)65-90-94(83,84)88-61-69(76)60-87-93(81,82)89-64-70(62-85-72(77)56-49-42-34-31-30-32-39-46-53-66(4)5)91-75(80)59-52-45-36-29-26-23-21-19-17-16-18-20-22-25-27-33-40-47-54-67(6)9-2/h66-71,76H,8-65H2,1-7H3,(H,81,82)(H,83,84)/t67?,68?,69-,70-,71-/m1/s1. The van der Waals surface area contributed by atoms with Crippen LogP contribution in [-0.2, 0) is 65.4 Å². The van der Waals surface area contributed by atoms with Gasteiger partial charge in [-0.05, 0) is 43.4 Å². The third kappa shape index (κ3) is 66.0. The largest absolute Gasteiger partial charge is 0.472 e. The molecule has 0 bridgehead atoms. The zero-order valence-corrected chi connectivity index (χ0v) is 63.2. The third-order valence-electron chi connectivity index (χ3n) is 18.1. The number of phosphoric ester groups is 2. The fraction of sp³-hybridized carbons (Fsp3) is 0.947. The molecule has 17 nitrogen and oxygen atoms in total. The molecular formula is C75H146O17P2. The summed E-state index contributed by atoms with van der Waals surface area (Å²) in [7, 11) is -9.91. The maximum atomic E-state index is 13.1. The van der Waals surface area contributed by atoms with Gasteiger partial charge in [0.05, 0.1) is 26.4 Å². The first-order valence-electron chi connectivity index (χ1n) is 38.9. The van der Waals surface area contributed by atoms with Crippen molar-refractivity contribution in [2.24, 2.45) is 17.8 Å². The Balaban J connectivity index is 5.17. The van der Waals surface area contributed by atoms with Gasteiger partial charge in [-0.15, -0.1) is 0 Å². The monoisotopic (exact) mass is 1380 g/mol. The van der Waals surface area contributed by atoms with Gasteiger partial charge in [-0.2, -0.15) is 0 Å². The van der Waals surface area contributed by atoms with Gasteiger partial charge in [-0.25, -0.2) is 9.13 Å². The summed E-state index contributed by atoms with van der Waals surface area (Å²) in [6, 6.07) is 0. The summed E-state index contributed by atoms with van der Waals surface area (Å²) in [5.74, 6) is 0.206. The highest BCUT2D eigenvalue weighted by molar-refractivity contribution is 7.47. The second kappa shape index (κ2) is 65.7. The van der Waals surface area contributed by atoms with E-state index in [4.69, 9.17) is 37.0 Å². The van der Waals surface area contributed by atoms with Gasteiger partial charge in [0.2, 0.25) is 0 Å². The number of carbonyl (C=O) groups excluding carboxylic acids is 4. The van der Waals surface area contributed by atoms with Gasteiger partial charge in [-0.3, -0.25) is 37.3 Å². The number of ether oxygens (including phenoxy) is 4. The first-order chi connectivity index (χ1) is 45.3. The van der Waals surface area contributed by atoms with E-state index >= 15 is 0 Å². The van der Waals surface area contributed by atoms with Crippen LogP contribution in [0, 0.1) is 17.8 Å². The number of hydrogen-bond donors (Lipinski definition) is 3. The molecule has 0 radical (unpaired) electrons. The Bertz CT molecular complexity index is 1840. The number of unbranched alkanes of at least 4 members (excludes halogenated alkanes) is 39. The number of esters is 4. The lowest BCUT2D eigenvalue weighted by molar-refractivity contribution is -0.161. The first-order valence-corrected chi connectivity index (χ1v) is 41.9. The van der Waals surface area contributed by atoms with E-state index in [0.717, 1.165) is 114 Å². The second-order valence-electron chi connectivity index (χ2n) is 28.0. The van der Waals surface area contributed by atoms with Gasteiger partial charge in [0.1, 0.15) is 19.3 Å². The van der Waals surface area contributed by atoms with E-state index < -0.39 is 97.5 Å². The lowest BCUT2D eigenvalue weighted by Crippen LogP contribution is -2.30. The first kappa shape index (κ1) is 92.1. The van der Waals surface area contributed by atoms with E-state index in [2.05, 4.69) is 48.5 Å². The van der Waals surface area contributed by atoms with Crippen molar-refractivity contribution in [3.63, 3.8) is 0 Å². The number of aliphatic hydroxyl groups is 1. The predicted molar refractivity (Wildman–Crippen MR) is 381 cm³/mol. The highest BCUT2D eigenvalue weighted by Crippen LogP contribution is 2.45.